The van der Waals surface area contributed by atoms with Gasteiger partial charge in [-0.3, -0.25) is 9.80 Å². The van der Waals surface area contributed by atoms with Crippen LogP contribution in [0.4, 0.5) is 14.9 Å². The molecular formula is C34H39FN4O4S. The average Bonchev–Trinajstić information content (AvgIpc) is 3.78. The highest BCUT2D eigenvalue weighted by Crippen LogP contribution is 2.44. The number of sulfone groups is 1. The molecule has 2 amide bonds. The number of aliphatic imine (C=N–C) groups is 1. The van der Waals surface area contributed by atoms with Gasteiger partial charge in [-0.05, 0) is 93.1 Å². The molecule has 0 unspecified atom stereocenters. The summed E-state index contributed by atoms with van der Waals surface area (Å²) >= 11 is 0. The molecule has 6 rings (SSSR count). The Morgan fingerprint density at radius 1 is 1.05 bits per heavy atom. The SMILES string of the molecule is CCS(=O)(=O)c1ccc(-c2ccc(F)cc2N2C(=O)N=C(NC3CC3)C23CCN(Cc2cccc(OC(C)C)c2)CC3)cc1. The molecule has 2 aliphatic heterocycles. The number of ether oxygens (including phenoxy) is 1. The van der Waals surface area contributed by atoms with Crippen LogP contribution in [0.25, 0.3) is 11.1 Å². The Hall–Kier alpha value is -3.76. The van der Waals surface area contributed by atoms with E-state index in [1.807, 2.05) is 26.0 Å². The Bertz CT molecular complexity index is 1680. The number of carbonyl (C=O) groups excluding carboxylic acids is 1. The van der Waals surface area contributed by atoms with Crippen LogP contribution in [0.2, 0.25) is 0 Å². The molecule has 8 nitrogen and oxygen atoms in total. The summed E-state index contributed by atoms with van der Waals surface area (Å²) in [5, 5.41) is 3.53. The van der Waals surface area contributed by atoms with E-state index >= 15 is 0 Å². The lowest BCUT2D eigenvalue weighted by atomic mass is 9.83. The van der Waals surface area contributed by atoms with Gasteiger partial charge >= 0.3 is 6.03 Å². The normalized spacial score (nSPS) is 18.6. The minimum atomic E-state index is -3.37. The fourth-order valence-corrected chi connectivity index (χ4v) is 7.08. The Kier molecular flexibility index (Phi) is 8.24. The van der Waals surface area contributed by atoms with Gasteiger partial charge in [0.25, 0.3) is 0 Å². The van der Waals surface area contributed by atoms with Crippen LogP contribution in [0.5, 0.6) is 5.75 Å². The molecule has 3 aromatic rings. The monoisotopic (exact) mass is 618 g/mol. The van der Waals surface area contributed by atoms with Crippen molar-refractivity contribution in [1.29, 1.82) is 0 Å². The number of nitrogens with zero attached hydrogens (tertiary/aromatic N) is 3. The van der Waals surface area contributed by atoms with Crippen molar-refractivity contribution in [2.24, 2.45) is 4.99 Å². The standard InChI is InChI=1S/C34H39FN4O4S/c1-4-44(41,42)29-13-8-25(9-14-29)30-15-10-26(35)21-31(30)39-33(40)37-32(36-27-11-12-27)34(39)16-18-38(19-17-34)22-24-6-5-7-28(20-24)43-23(2)3/h5-10,13-15,20-21,23,27H,4,11-12,16-19,22H2,1-3H3,(H,36,37,40). The fourth-order valence-electron chi connectivity index (χ4n) is 6.19. The van der Waals surface area contributed by atoms with E-state index in [9.17, 15) is 17.6 Å². The van der Waals surface area contributed by atoms with Crippen molar-refractivity contribution in [3.8, 4) is 16.9 Å². The van der Waals surface area contributed by atoms with Gasteiger partial charge in [0, 0.05) is 31.2 Å². The molecule has 1 spiro atoms. The smallest absolute Gasteiger partial charge is 0.350 e. The zero-order chi connectivity index (χ0) is 31.1. The molecular weight excluding hydrogens is 579 g/mol. The molecule has 10 heteroatoms. The molecule has 2 fully saturated rings. The number of amidine groups is 1. The highest BCUT2D eigenvalue weighted by Gasteiger charge is 2.53. The minimum absolute atomic E-state index is 0.00122. The second-order valence-electron chi connectivity index (χ2n) is 12.2. The number of hydrogen-bond acceptors (Lipinski definition) is 6. The van der Waals surface area contributed by atoms with Crippen LogP contribution in [0.1, 0.15) is 52.0 Å². The van der Waals surface area contributed by atoms with E-state index < -0.39 is 27.2 Å². The summed E-state index contributed by atoms with van der Waals surface area (Å²) in [5.74, 6) is 1.06. The predicted octanol–water partition coefficient (Wildman–Crippen LogP) is 6.20. The van der Waals surface area contributed by atoms with Crippen LogP contribution in [-0.2, 0) is 16.4 Å². The predicted molar refractivity (Wildman–Crippen MR) is 170 cm³/mol. The Morgan fingerprint density at radius 3 is 2.43 bits per heavy atom. The van der Waals surface area contributed by atoms with Gasteiger partial charge in [-0.1, -0.05) is 31.2 Å². The van der Waals surface area contributed by atoms with Gasteiger partial charge in [0.15, 0.2) is 9.84 Å². The van der Waals surface area contributed by atoms with Crippen molar-refractivity contribution in [2.75, 3.05) is 23.7 Å². The highest BCUT2D eigenvalue weighted by atomic mass is 32.2. The lowest BCUT2D eigenvalue weighted by Gasteiger charge is -2.45. The van der Waals surface area contributed by atoms with Gasteiger partial charge < -0.3 is 10.1 Å². The summed E-state index contributed by atoms with van der Waals surface area (Å²) in [6, 6.07) is 19.0. The Labute approximate surface area is 258 Å². The van der Waals surface area contributed by atoms with Gasteiger partial charge in [-0.15, -0.1) is 0 Å². The second-order valence-corrected chi connectivity index (χ2v) is 14.5. The first-order chi connectivity index (χ1) is 21.1. The van der Waals surface area contributed by atoms with Gasteiger partial charge in [-0.2, -0.15) is 4.99 Å². The van der Waals surface area contributed by atoms with E-state index in [1.54, 1.807) is 42.2 Å². The first kappa shape index (κ1) is 30.3. The quantitative estimate of drug-likeness (QED) is 0.307. The molecule has 0 bridgehead atoms. The third-order valence-electron chi connectivity index (χ3n) is 8.65. The summed E-state index contributed by atoms with van der Waals surface area (Å²) in [7, 11) is -3.37. The van der Waals surface area contributed by atoms with Gasteiger partial charge in [-0.25, -0.2) is 17.6 Å². The van der Waals surface area contributed by atoms with Crippen molar-refractivity contribution < 1.29 is 22.3 Å². The molecule has 0 radical (unpaired) electrons. The number of carbonyl (C=O) groups is 1. The van der Waals surface area contributed by atoms with Crippen LogP contribution in [0.15, 0.2) is 76.6 Å². The van der Waals surface area contributed by atoms with Gasteiger partial charge in [0.2, 0.25) is 0 Å². The maximum atomic E-state index is 14.9. The first-order valence-electron chi connectivity index (χ1n) is 15.4. The number of likely N-dealkylation sites (tertiary alicyclic amines) is 1. The molecule has 2 heterocycles. The van der Waals surface area contributed by atoms with E-state index in [0.29, 0.717) is 41.5 Å². The zero-order valence-corrected chi connectivity index (χ0v) is 26.2. The van der Waals surface area contributed by atoms with Crippen molar-refractivity contribution in [2.45, 2.75) is 75.6 Å². The molecule has 0 aromatic heterocycles. The number of anilines is 1. The van der Waals surface area contributed by atoms with E-state index in [2.05, 4.69) is 27.3 Å². The number of benzene rings is 3. The topological polar surface area (TPSA) is 91.3 Å². The third kappa shape index (κ3) is 6.10. The lowest BCUT2D eigenvalue weighted by molar-refractivity contribution is 0.182. The Morgan fingerprint density at radius 2 is 1.77 bits per heavy atom. The molecule has 1 saturated carbocycles. The maximum absolute atomic E-state index is 14.9. The van der Waals surface area contributed by atoms with Gasteiger partial charge in [0.1, 0.15) is 22.9 Å². The maximum Gasteiger partial charge on any atom is 0.350 e. The highest BCUT2D eigenvalue weighted by molar-refractivity contribution is 7.91. The van der Waals surface area contributed by atoms with Crippen LogP contribution >= 0.6 is 0 Å². The summed E-state index contributed by atoms with van der Waals surface area (Å²) in [5.41, 5.74) is 2.19. The van der Waals surface area contributed by atoms with Crippen molar-refractivity contribution in [3.63, 3.8) is 0 Å². The van der Waals surface area contributed by atoms with Crippen molar-refractivity contribution >= 4 is 27.4 Å². The summed E-state index contributed by atoms with van der Waals surface area (Å²) in [6.45, 7) is 7.82. The fraction of sp³-hybridized carbons (Fsp3) is 0.412. The first-order valence-corrected chi connectivity index (χ1v) is 17.0. The molecule has 0 atom stereocenters. The van der Waals surface area contributed by atoms with Gasteiger partial charge in [0.05, 0.1) is 22.4 Å². The largest absolute Gasteiger partial charge is 0.491 e. The number of piperidine rings is 1. The molecule has 1 aliphatic carbocycles. The van der Waals surface area contributed by atoms with Crippen LogP contribution in [0.3, 0.4) is 0 Å². The van der Waals surface area contributed by atoms with Crippen LogP contribution < -0.4 is 15.0 Å². The molecule has 232 valence electrons. The number of urea groups is 1. The summed E-state index contributed by atoms with van der Waals surface area (Å²) < 4.78 is 45.6. The molecule has 1 N–H and O–H groups in total. The third-order valence-corrected chi connectivity index (χ3v) is 10.4. The molecule has 3 aromatic carbocycles. The minimum Gasteiger partial charge on any atom is -0.491 e. The van der Waals surface area contributed by atoms with Crippen LogP contribution in [-0.4, -0.2) is 61.7 Å². The zero-order valence-electron chi connectivity index (χ0n) is 25.4. The van der Waals surface area contributed by atoms with E-state index in [-0.39, 0.29) is 16.8 Å². The number of nitrogens with one attached hydrogen (secondary N) is 1. The Balaban J connectivity index is 1.31. The number of rotatable bonds is 9. The second kappa shape index (κ2) is 12.0. The van der Waals surface area contributed by atoms with E-state index in [1.165, 1.54) is 12.1 Å². The molecule has 1 saturated heterocycles. The van der Waals surface area contributed by atoms with Crippen molar-refractivity contribution in [3.05, 3.63) is 78.1 Å². The van der Waals surface area contributed by atoms with Crippen molar-refractivity contribution in [1.82, 2.24) is 10.2 Å². The number of halogens is 1. The molecule has 44 heavy (non-hydrogen) atoms. The molecule has 3 aliphatic rings. The summed E-state index contributed by atoms with van der Waals surface area (Å²) in [6.07, 6.45) is 3.41. The lowest BCUT2D eigenvalue weighted by Crippen LogP contribution is -2.61. The number of hydrogen-bond donors (Lipinski definition) is 1. The average molecular weight is 619 g/mol. The van der Waals surface area contributed by atoms with E-state index in [4.69, 9.17) is 4.74 Å². The summed E-state index contributed by atoms with van der Waals surface area (Å²) in [4.78, 5) is 22.6. The van der Waals surface area contributed by atoms with Crippen LogP contribution in [0, 0.1) is 5.82 Å². The number of amides is 2. The van der Waals surface area contributed by atoms with E-state index in [0.717, 1.165) is 43.8 Å².